The Morgan fingerprint density at radius 1 is 1.11 bits per heavy atom. The molecule has 0 aliphatic carbocycles. The topological polar surface area (TPSA) is 70.1 Å². The minimum absolute atomic E-state index is 0.192. The molecule has 28 heavy (non-hydrogen) atoms. The van der Waals surface area contributed by atoms with E-state index in [0.29, 0.717) is 5.56 Å². The van der Waals surface area contributed by atoms with Gasteiger partial charge >= 0.3 is 12.2 Å². The molecule has 1 fully saturated rings. The van der Waals surface area contributed by atoms with E-state index in [4.69, 9.17) is 0 Å². The lowest BCUT2D eigenvalue weighted by Gasteiger charge is -2.26. The van der Waals surface area contributed by atoms with Crippen molar-refractivity contribution in [3.05, 3.63) is 53.7 Å². The Hall–Kier alpha value is -2.84. The van der Waals surface area contributed by atoms with Crippen molar-refractivity contribution in [1.82, 2.24) is 20.8 Å². The van der Waals surface area contributed by atoms with Gasteiger partial charge in [0, 0.05) is 32.9 Å². The SMILES string of the molecule is CNC(=O)NCc1ccc(C(F)(F)F)cc1.c1cnnc(N2CCCCC2)c1. The zero-order valence-electron chi connectivity index (χ0n) is 15.7. The first-order valence-electron chi connectivity index (χ1n) is 9.04. The minimum Gasteiger partial charge on any atom is -0.355 e. The average Bonchev–Trinajstić information content (AvgIpc) is 2.73. The Morgan fingerprint density at radius 3 is 2.32 bits per heavy atom. The number of benzene rings is 1. The Balaban J connectivity index is 0.000000207. The van der Waals surface area contributed by atoms with Crippen LogP contribution >= 0.6 is 0 Å². The summed E-state index contributed by atoms with van der Waals surface area (Å²) < 4.78 is 36.6. The van der Waals surface area contributed by atoms with Crippen molar-refractivity contribution < 1.29 is 18.0 Å². The molecule has 0 spiro atoms. The van der Waals surface area contributed by atoms with Crippen molar-refractivity contribution in [2.75, 3.05) is 25.0 Å². The van der Waals surface area contributed by atoms with Gasteiger partial charge in [-0.1, -0.05) is 12.1 Å². The number of amides is 2. The summed E-state index contributed by atoms with van der Waals surface area (Å²) in [6.07, 6.45) is 1.32. The highest BCUT2D eigenvalue weighted by molar-refractivity contribution is 5.73. The van der Waals surface area contributed by atoms with Crippen LogP contribution in [0.1, 0.15) is 30.4 Å². The number of piperidine rings is 1. The van der Waals surface area contributed by atoms with Crippen LogP contribution in [-0.2, 0) is 12.7 Å². The third-order valence-corrected chi connectivity index (χ3v) is 4.20. The van der Waals surface area contributed by atoms with Gasteiger partial charge in [-0.15, -0.1) is 5.10 Å². The van der Waals surface area contributed by atoms with Crippen molar-refractivity contribution in [1.29, 1.82) is 0 Å². The first-order chi connectivity index (χ1) is 13.4. The number of aromatic nitrogens is 2. The molecule has 0 atom stereocenters. The number of carbonyl (C=O) groups is 1. The van der Waals surface area contributed by atoms with Gasteiger partial charge in [0.25, 0.3) is 0 Å². The number of rotatable bonds is 3. The standard InChI is InChI=1S/C10H11F3N2O.C9H13N3/c1-14-9(16)15-6-7-2-4-8(5-3-7)10(11,12)13;1-2-7-12(8-3-1)9-5-4-6-10-11-9/h2-5H,6H2,1H3,(H2,14,15,16);4-6H,1-3,7-8H2. The molecule has 152 valence electrons. The quantitative estimate of drug-likeness (QED) is 0.833. The van der Waals surface area contributed by atoms with E-state index in [9.17, 15) is 18.0 Å². The fourth-order valence-corrected chi connectivity index (χ4v) is 2.67. The van der Waals surface area contributed by atoms with Crippen LogP contribution in [-0.4, -0.2) is 36.4 Å². The molecule has 2 aromatic rings. The molecule has 9 heteroatoms. The molecule has 2 N–H and O–H groups in total. The molecule has 1 saturated heterocycles. The predicted octanol–water partition coefficient (Wildman–Crippen LogP) is 3.60. The minimum atomic E-state index is -4.33. The van der Waals surface area contributed by atoms with Gasteiger partial charge in [0.1, 0.15) is 0 Å². The van der Waals surface area contributed by atoms with Gasteiger partial charge in [0.15, 0.2) is 5.82 Å². The van der Waals surface area contributed by atoms with E-state index < -0.39 is 11.7 Å². The zero-order valence-corrected chi connectivity index (χ0v) is 15.7. The number of hydrogen-bond acceptors (Lipinski definition) is 4. The van der Waals surface area contributed by atoms with Crippen molar-refractivity contribution in [3.8, 4) is 0 Å². The smallest absolute Gasteiger partial charge is 0.355 e. The molecule has 2 amide bonds. The number of anilines is 1. The van der Waals surface area contributed by atoms with Crippen LogP contribution in [0.2, 0.25) is 0 Å². The van der Waals surface area contributed by atoms with Crippen LogP contribution in [0.5, 0.6) is 0 Å². The second-order valence-electron chi connectivity index (χ2n) is 6.26. The van der Waals surface area contributed by atoms with E-state index in [1.807, 2.05) is 12.1 Å². The second kappa shape index (κ2) is 10.5. The number of alkyl halides is 3. The second-order valence-corrected chi connectivity index (χ2v) is 6.26. The molecule has 3 rings (SSSR count). The molecule has 0 radical (unpaired) electrons. The van der Waals surface area contributed by atoms with Gasteiger partial charge in [0.2, 0.25) is 0 Å². The van der Waals surface area contributed by atoms with Crippen LogP contribution in [0.3, 0.4) is 0 Å². The zero-order chi connectivity index (χ0) is 20.4. The molecule has 0 bridgehead atoms. The fraction of sp³-hybridized carbons (Fsp3) is 0.421. The fourth-order valence-electron chi connectivity index (χ4n) is 2.67. The Morgan fingerprint density at radius 2 is 1.79 bits per heavy atom. The van der Waals surface area contributed by atoms with E-state index in [0.717, 1.165) is 31.0 Å². The maximum absolute atomic E-state index is 12.2. The molecular formula is C19H24F3N5O. The molecule has 1 aromatic carbocycles. The summed E-state index contributed by atoms with van der Waals surface area (Å²) >= 11 is 0. The summed E-state index contributed by atoms with van der Waals surface area (Å²) in [6, 6.07) is 8.23. The molecule has 1 aliphatic rings. The maximum atomic E-state index is 12.2. The average molecular weight is 395 g/mol. The van der Waals surface area contributed by atoms with Gasteiger partial charge < -0.3 is 15.5 Å². The largest absolute Gasteiger partial charge is 0.416 e. The van der Waals surface area contributed by atoms with Crippen LogP contribution in [0.15, 0.2) is 42.6 Å². The lowest BCUT2D eigenvalue weighted by atomic mass is 10.1. The lowest BCUT2D eigenvalue weighted by molar-refractivity contribution is -0.137. The van der Waals surface area contributed by atoms with E-state index in [1.54, 1.807) is 6.20 Å². The number of nitrogens with one attached hydrogen (secondary N) is 2. The van der Waals surface area contributed by atoms with Gasteiger partial charge in [-0.3, -0.25) is 0 Å². The number of hydrogen-bond donors (Lipinski definition) is 2. The molecule has 0 saturated carbocycles. The maximum Gasteiger partial charge on any atom is 0.416 e. The molecular weight excluding hydrogens is 371 g/mol. The first kappa shape index (κ1) is 21.5. The van der Waals surface area contributed by atoms with Gasteiger partial charge in [0.05, 0.1) is 5.56 Å². The Bertz CT molecular complexity index is 717. The summed E-state index contributed by atoms with van der Waals surface area (Å²) in [7, 11) is 1.46. The monoisotopic (exact) mass is 395 g/mol. The summed E-state index contributed by atoms with van der Waals surface area (Å²) in [5.74, 6) is 1.03. The highest BCUT2D eigenvalue weighted by Gasteiger charge is 2.29. The van der Waals surface area contributed by atoms with Crippen molar-refractivity contribution in [3.63, 3.8) is 0 Å². The number of carbonyl (C=O) groups excluding carboxylic acids is 1. The van der Waals surface area contributed by atoms with Crippen molar-refractivity contribution >= 4 is 11.8 Å². The van der Waals surface area contributed by atoms with Crippen molar-refractivity contribution in [2.24, 2.45) is 0 Å². The summed E-state index contributed by atoms with van der Waals surface area (Å²) in [5, 5.41) is 12.8. The predicted molar refractivity (Wildman–Crippen MR) is 101 cm³/mol. The van der Waals surface area contributed by atoms with E-state index in [1.165, 1.54) is 38.4 Å². The summed E-state index contributed by atoms with van der Waals surface area (Å²) in [6.45, 7) is 2.47. The molecule has 6 nitrogen and oxygen atoms in total. The lowest BCUT2D eigenvalue weighted by Crippen LogP contribution is -2.32. The highest BCUT2D eigenvalue weighted by atomic mass is 19.4. The van der Waals surface area contributed by atoms with E-state index >= 15 is 0 Å². The van der Waals surface area contributed by atoms with Crippen LogP contribution in [0.4, 0.5) is 23.8 Å². The number of halogens is 3. The molecule has 1 aliphatic heterocycles. The molecule has 0 unspecified atom stereocenters. The van der Waals surface area contributed by atoms with Crippen LogP contribution in [0, 0.1) is 0 Å². The summed E-state index contributed by atoms with van der Waals surface area (Å²) in [4.78, 5) is 13.1. The van der Waals surface area contributed by atoms with E-state index in [2.05, 4.69) is 25.7 Å². The normalized spacial score (nSPS) is 13.9. The first-order valence-corrected chi connectivity index (χ1v) is 9.04. The Labute approximate surface area is 162 Å². The molecule has 2 heterocycles. The molecule has 1 aromatic heterocycles. The third-order valence-electron chi connectivity index (χ3n) is 4.20. The van der Waals surface area contributed by atoms with Gasteiger partial charge in [-0.05, 0) is 49.1 Å². The van der Waals surface area contributed by atoms with E-state index in [-0.39, 0.29) is 12.6 Å². The summed E-state index contributed by atoms with van der Waals surface area (Å²) in [5.41, 5.74) is -0.0900. The number of nitrogens with zero attached hydrogens (tertiary/aromatic N) is 3. The van der Waals surface area contributed by atoms with Gasteiger partial charge in [-0.25, -0.2) is 4.79 Å². The number of urea groups is 1. The Kier molecular flexibility index (Phi) is 8.03. The van der Waals surface area contributed by atoms with Crippen molar-refractivity contribution in [2.45, 2.75) is 32.0 Å². The van der Waals surface area contributed by atoms with Gasteiger partial charge in [-0.2, -0.15) is 18.3 Å². The van der Waals surface area contributed by atoms with Crippen LogP contribution in [0.25, 0.3) is 0 Å². The highest BCUT2D eigenvalue weighted by Crippen LogP contribution is 2.29. The third kappa shape index (κ3) is 7.05. The van der Waals surface area contributed by atoms with Crippen LogP contribution < -0.4 is 15.5 Å².